The Morgan fingerprint density at radius 1 is 0.880 bits per heavy atom. The highest BCUT2D eigenvalue weighted by Gasteiger charge is 2.32. The molecule has 0 bridgehead atoms. The molecule has 2 fully saturated rings. The van der Waals surface area contributed by atoms with Crippen LogP contribution in [0.4, 0.5) is 0 Å². The Balaban J connectivity index is 0.00000288. The molecule has 0 spiro atoms. The number of nitrogens with two attached hydrogens (primary N) is 1. The van der Waals surface area contributed by atoms with E-state index in [-0.39, 0.29) is 42.0 Å². The van der Waals surface area contributed by atoms with Crippen molar-refractivity contribution in [1.29, 1.82) is 0 Å². The zero-order valence-electron chi connectivity index (χ0n) is 15.7. The third kappa shape index (κ3) is 6.93. The van der Waals surface area contributed by atoms with Crippen molar-refractivity contribution in [1.82, 2.24) is 14.7 Å². The van der Waals surface area contributed by atoms with Crippen molar-refractivity contribution in [3.63, 3.8) is 0 Å². The first-order valence-electron chi connectivity index (χ1n) is 8.83. The molecular weight excluding hydrogens is 363 g/mol. The lowest BCUT2D eigenvalue weighted by Crippen LogP contribution is -2.51. The largest absolute Gasteiger partial charge is 0.342 e. The van der Waals surface area contributed by atoms with Gasteiger partial charge in [0.15, 0.2) is 0 Å². The van der Waals surface area contributed by atoms with Gasteiger partial charge in [-0.2, -0.15) is 0 Å². The van der Waals surface area contributed by atoms with Crippen LogP contribution < -0.4 is 5.73 Å². The number of hydrogen-bond acceptors (Lipinski definition) is 4. The van der Waals surface area contributed by atoms with Crippen molar-refractivity contribution in [2.24, 2.45) is 11.1 Å². The van der Waals surface area contributed by atoms with Gasteiger partial charge >= 0.3 is 0 Å². The molecule has 1 atom stereocenters. The molecule has 0 unspecified atom stereocenters. The minimum Gasteiger partial charge on any atom is -0.342 e. The molecule has 2 aliphatic rings. The van der Waals surface area contributed by atoms with E-state index >= 15 is 0 Å². The minimum atomic E-state index is -0.472. The number of carbonyl (C=O) groups excluding carboxylic acids is 2. The predicted octanol–water partition coefficient (Wildman–Crippen LogP) is 1.36. The third-order valence-corrected chi connectivity index (χ3v) is 4.92. The second kappa shape index (κ2) is 10.6. The highest BCUT2D eigenvalue weighted by molar-refractivity contribution is 5.85. The van der Waals surface area contributed by atoms with E-state index in [1.54, 1.807) is 0 Å². The highest BCUT2D eigenvalue weighted by Crippen LogP contribution is 2.20. The fourth-order valence-electron chi connectivity index (χ4n) is 3.17. The number of rotatable bonds is 3. The van der Waals surface area contributed by atoms with Gasteiger partial charge < -0.3 is 15.5 Å². The van der Waals surface area contributed by atoms with Gasteiger partial charge in [-0.1, -0.05) is 20.8 Å². The quantitative estimate of drug-likeness (QED) is 0.781. The van der Waals surface area contributed by atoms with Gasteiger partial charge in [0.1, 0.15) is 0 Å². The fraction of sp³-hybridized carbons (Fsp3) is 0.882. The van der Waals surface area contributed by atoms with Crippen molar-refractivity contribution in [2.45, 2.75) is 46.1 Å². The molecule has 2 heterocycles. The molecule has 6 nitrogen and oxygen atoms in total. The number of hydrogen-bond donors (Lipinski definition) is 1. The molecule has 25 heavy (non-hydrogen) atoms. The fourth-order valence-corrected chi connectivity index (χ4v) is 3.17. The molecule has 2 N–H and O–H groups in total. The van der Waals surface area contributed by atoms with E-state index < -0.39 is 6.04 Å². The summed E-state index contributed by atoms with van der Waals surface area (Å²) in [4.78, 5) is 30.8. The molecule has 2 saturated heterocycles. The van der Waals surface area contributed by atoms with Crippen LogP contribution in [-0.4, -0.2) is 78.4 Å². The number of amides is 2. The molecule has 0 aromatic carbocycles. The maximum absolute atomic E-state index is 12.5. The third-order valence-electron chi connectivity index (χ3n) is 4.92. The van der Waals surface area contributed by atoms with Crippen LogP contribution in [0, 0.1) is 5.41 Å². The SMILES string of the molecule is CC(C)(C)[C@H](N)C(=O)N1CCCN(CC(=O)N2CCCC2)CC1.Cl.Cl. The van der Waals surface area contributed by atoms with E-state index in [2.05, 4.69) is 4.90 Å². The summed E-state index contributed by atoms with van der Waals surface area (Å²) in [5, 5.41) is 0. The standard InChI is InChI=1S/C17H32N4O2.2ClH/c1-17(2,3)15(18)16(23)21-10-6-7-19(11-12-21)13-14(22)20-8-4-5-9-20;;/h15H,4-13,18H2,1-3H3;2*1H/t15-;;/m1../s1. The Morgan fingerprint density at radius 3 is 2.00 bits per heavy atom. The van der Waals surface area contributed by atoms with Gasteiger partial charge in [-0.3, -0.25) is 14.5 Å². The van der Waals surface area contributed by atoms with Crippen molar-refractivity contribution in [3.8, 4) is 0 Å². The van der Waals surface area contributed by atoms with Crippen molar-refractivity contribution in [3.05, 3.63) is 0 Å². The van der Waals surface area contributed by atoms with E-state index in [1.165, 1.54) is 0 Å². The minimum absolute atomic E-state index is 0. The highest BCUT2D eigenvalue weighted by atomic mass is 35.5. The van der Waals surface area contributed by atoms with Crippen LogP contribution in [0.1, 0.15) is 40.0 Å². The van der Waals surface area contributed by atoms with Gasteiger partial charge in [0.05, 0.1) is 12.6 Å². The average molecular weight is 397 g/mol. The van der Waals surface area contributed by atoms with E-state index in [1.807, 2.05) is 30.6 Å². The Hall–Kier alpha value is -0.560. The summed E-state index contributed by atoms with van der Waals surface area (Å²) >= 11 is 0. The Bertz CT molecular complexity index is 437. The summed E-state index contributed by atoms with van der Waals surface area (Å²) in [6.07, 6.45) is 3.15. The summed E-state index contributed by atoms with van der Waals surface area (Å²) in [5.74, 6) is 0.263. The monoisotopic (exact) mass is 396 g/mol. The van der Waals surface area contributed by atoms with Gasteiger partial charge in [-0.05, 0) is 24.7 Å². The van der Waals surface area contributed by atoms with Gasteiger partial charge in [0, 0.05) is 39.3 Å². The maximum atomic E-state index is 12.5. The molecule has 2 rings (SSSR count). The van der Waals surface area contributed by atoms with E-state index in [9.17, 15) is 9.59 Å². The van der Waals surface area contributed by atoms with Crippen LogP contribution in [0.5, 0.6) is 0 Å². The Labute approximate surface area is 164 Å². The zero-order valence-corrected chi connectivity index (χ0v) is 17.3. The molecule has 148 valence electrons. The molecule has 2 amide bonds. The Kier molecular flexibility index (Phi) is 10.3. The molecule has 0 aromatic heterocycles. The molecule has 0 saturated carbocycles. The Morgan fingerprint density at radius 2 is 1.44 bits per heavy atom. The first-order chi connectivity index (χ1) is 10.8. The lowest BCUT2D eigenvalue weighted by atomic mass is 9.86. The molecule has 8 heteroatoms. The second-order valence-corrected chi connectivity index (χ2v) is 7.89. The number of halogens is 2. The predicted molar refractivity (Wildman–Crippen MR) is 105 cm³/mol. The summed E-state index contributed by atoms with van der Waals surface area (Å²) < 4.78 is 0. The van der Waals surface area contributed by atoms with Gasteiger partial charge in [-0.25, -0.2) is 0 Å². The topological polar surface area (TPSA) is 69.9 Å². The average Bonchev–Trinajstić information content (AvgIpc) is 2.93. The smallest absolute Gasteiger partial charge is 0.240 e. The van der Waals surface area contributed by atoms with Gasteiger partial charge in [0.2, 0.25) is 11.8 Å². The molecule has 2 aliphatic heterocycles. The van der Waals surface area contributed by atoms with Crippen LogP contribution in [-0.2, 0) is 9.59 Å². The van der Waals surface area contributed by atoms with E-state index in [0.29, 0.717) is 13.1 Å². The summed E-state index contributed by atoms with van der Waals surface area (Å²) in [5.41, 5.74) is 5.88. The normalized spacial score (nSPS) is 20.3. The summed E-state index contributed by atoms with van der Waals surface area (Å²) in [6.45, 7) is 11.3. The van der Waals surface area contributed by atoms with Gasteiger partial charge in [-0.15, -0.1) is 24.8 Å². The van der Waals surface area contributed by atoms with Crippen molar-refractivity contribution < 1.29 is 9.59 Å². The first-order valence-corrected chi connectivity index (χ1v) is 8.83. The first kappa shape index (κ1) is 24.4. The zero-order chi connectivity index (χ0) is 17.0. The van der Waals surface area contributed by atoms with Crippen molar-refractivity contribution in [2.75, 3.05) is 45.8 Å². The summed E-state index contributed by atoms with van der Waals surface area (Å²) in [6, 6.07) is -0.472. The molecule has 0 aromatic rings. The van der Waals surface area contributed by atoms with Crippen LogP contribution >= 0.6 is 24.8 Å². The van der Waals surface area contributed by atoms with Crippen LogP contribution in [0.3, 0.4) is 0 Å². The van der Waals surface area contributed by atoms with Crippen LogP contribution in [0.2, 0.25) is 0 Å². The number of nitrogens with zero attached hydrogens (tertiary/aromatic N) is 3. The molecule has 0 radical (unpaired) electrons. The number of carbonyl (C=O) groups is 2. The van der Waals surface area contributed by atoms with Crippen LogP contribution in [0.15, 0.2) is 0 Å². The molecule has 0 aliphatic carbocycles. The maximum Gasteiger partial charge on any atom is 0.240 e. The molecular formula is C17H34Cl2N4O2. The van der Waals surface area contributed by atoms with E-state index in [4.69, 9.17) is 5.73 Å². The second-order valence-electron chi connectivity index (χ2n) is 7.89. The van der Waals surface area contributed by atoms with E-state index in [0.717, 1.165) is 52.0 Å². The van der Waals surface area contributed by atoms with Crippen molar-refractivity contribution >= 4 is 36.6 Å². The van der Waals surface area contributed by atoms with Gasteiger partial charge in [0.25, 0.3) is 0 Å². The van der Waals surface area contributed by atoms with Crippen LogP contribution in [0.25, 0.3) is 0 Å². The number of likely N-dealkylation sites (tertiary alicyclic amines) is 1. The summed E-state index contributed by atoms with van der Waals surface area (Å²) in [7, 11) is 0. The lowest BCUT2D eigenvalue weighted by molar-refractivity contribution is -0.134. The lowest BCUT2D eigenvalue weighted by Gasteiger charge is -2.31.